The average Bonchev–Trinajstić information content (AvgIpc) is 1.30. The molecule has 1 saturated heterocycles. The van der Waals surface area contributed by atoms with Crippen LogP contribution in [0.4, 0.5) is 0 Å². The van der Waals surface area contributed by atoms with E-state index in [0.717, 1.165) is 13.2 Å². The minimum atomic E-state index is 0.816. The molecule has 0 N–H and O–H groups in total. The van der Waals surface area contributed by atoms with Crippen LogP contribution in [0.15, 0.2) is 0 Å². The van der Waals surface area contributed by atoms with Crippen LogP contribution >= 0.6 is 8.86 Å². The first kappa shape index (κ1) is 3.32. The molecule has 0 aromatic rings. The molecule has 2 heteroatoms. The summed E-state index contributed by atoms with van der Waals surface area (Å²) >= 11 is 0. The van der Waals surface area contributed by atoms with Crippen LogP contribution in [-0.4, -0.2) is 18.5 Å². The van der Waals surface area contributed by atoms with E-state index in [2.05, 4.69) is 8.86 Å². The molecule has 1 aliphatic rings. The summed E-state index contributed by atoms with van der Waals surface area (Å²) in [5.74, 6) is 0. The molecule has 1 fully saturated rings. The third-order valence-electron chi connectivity index (χ3n) is 0.553. The second-order valence-electron chi connectivity index (χ2n) is 1.10. The normalized spacial score (nSPS) is 22.0. The summed E-state index contributed by atoms with van der Waals surface area (Å²) in [6.07, 6.45) is 0. The topological polar surface area (TPSA) is 9.23 Å². The van der Waals surface area contributed by atoms with E-state index < -0.39 is 0 Å². The Bertz CT molecular complexity index is 53.9. The van der Waals surface area contributed by atoms with Crippen LogP contribution in [0, 0.1) is 0 Å². The van der Waals surface area contributed by atoms with Crippen molar-refractivity contribution in [3.05, 3.63) is 0 Å². The van der Waals surface area contributed by atoms with Crippen LogP contribution in [0.5, 0.6) is 0 Å². The number of rotatable bonds is 0. The minimum Gasteiger partial charge on any atom is -0.372 e. The van der Waals surface area contributed by atoms with Crippen LogP contribution in [-0.2, 0) is 4.74 Å². The molecular weight excluding hydrogens is 83.0 g/mol. The van der Waals surface area contributed by atoms with E-state index in [4.69, 9.17) is 4.74 Å². The van der Waals surface area contributed by atoms with Crippen molar-refractivity contribution in [2.75, 3.05) is 13.2 Å². The lowest BCUT2D eigenvalue weighted by Crippen LogP contribution is -2.24. The van der Waals surface area contributed by atoms with Gasteiger partial charge in [0.2, 0.25) is 0 Å². The van der Waals surface area contributed by atoms with Crippen molar-refractivity contribution >= 4 is 14.2 Å². The van der Waals surface area contributed by atoms with Gasteiger partial charge >= 0.3 is 0 Å². The number of hydrogen-bond donors (Lipinski definition) is 0. The van der Waals surface area contributed by atoms with Crippen LogP contribution in [0.25, 0.3) is 0 Å². The van der Waals surface area contributed by atoms with Gasteiger partial charge in [-0.2, -0.15) is 0 Å². The molecule has 0 radical (unpaired) electrons. The Morgan fingerprint density at radius 2 is 2.00 bits per heavy atom. The van der Waals surface area contributed by atoms with Gasteiger partial charge in [-0.1, -0.05) is 0 Å². The Kier molecular flexibility index (Phi) is 0.716. The Morgan fingerprint density at radius 3 is 2.00 bits per heavy atom. The molecule has 0 unspecified atom stereocenters. The molecule has 28 valence electrons. The first-order valence-electron chi connectivity index (χ1n) is 1.53. The molecule has 1 rings (SSSR count). The molecule has 1 aliphatic heterocycles. The third-order valence-corrected chi connectivity index (χ3v) is 0.841. The average molecular weight is 88.0 g/mol. The molecule has 0 aromatic heterocycles. The zero-order valence-electron chi connectivity index (χ0n) is 2.82. The number of ether oxygens (including phenoxy) is 1. The molecule has 0 atom stereocenters. The molecule has 0 bridgehead atoms. The standard InChI is InChI=1S/C3H5OP/c5-3-1-4-2-3/h5H,1-2H2. The first-order valence-corrected chi connectivity index (χ1v) is 2.03. The van der Waals surface area contributed by atoms with Crippen molar-refractivity contribution in [1.29, 1.82) is 0 Å². The Hall–Kier alpha value is 0.130. The molecule has 0 aliphatic carbocycles. The lowest BCUT2D eigenvalue weighted by molar-refractivity contribution is 0.164. The van der Waals surface area contributed by atoms with Crippen LogP contribution in [0.1, 0.15) is 0 Å². The van der Waals surface area contributed by atoms with Crippen molar-refractivity contribution in [3.8, 4) is 0 Å². The Morgan fingerprint density at radius 1 is 1.60 bits per heavy atom. The van der Waals surface area contributed by atoms with Crippen molar-refractivity contribution < 1.29 is 4.74 Å². The van der Waals surface area contributed by atoms with Crippen molar-refractivity contribution in [1.82, 2.24) is 0 Å². The highest BCUT2D eigenvalue weighted by Gasteiger charge is 2.03. The smallest absolute Gasteiger partial charge is 0.0743 e. The maximum atomic E-state index is 4.75. The maximum Gasteiger partial charge on any atom is 0.0743 e. The molecular formula is C3H5OP. The maximum absolute atomic E-state index is 4.75. The van der Waals surface area contributed by atoms with Gasteiger partial charge < -0.3 is 4.74 Å². The van der Waals surface area contributed by atoms with Gasteiger partial charge in [0.25, 0.3) is 0 Å². The largest absolute Gasteiger partial charge is 0.372 e. The van der Waals surface area contributed by atoms with E-state index in [0.29, 0.717) is 0 Å². The van der Waals surface area contributed by atoms with Gasteiger partial charge in [0.15, 0.2) is 0 Å². The zero-order valence-corrected chi connectivity index (χ0v) is 3.82. The second kappa shape index (κ2) is 1.08. The van der Waals surface area contributed by atoms with Crippen molar-refractivity contribution in [2.24, 2.45) is 0 Å². The van der Waals surface area contributed by atoms with Crippen LogP contribution < -0.4 is 0 Å². The SMILES string of the molecule is P=C1COC1. The zero-order chi connectivity index (χ0) is 3.70. The van der Waals surface area contributed by atoms with Gasteiger partial charge in [0.1, 0.15) is 0 Å². The molecule has 5 heavy (non-hydrogen) atoms. The lowest BCUT2D eigenvalue weighted by atomic mass is 10.4. The third kappa shape index (κ3) is 0.499. The highest BCUT2D eigenvalue weighted by Crippen LogP contribution is 1.94. The van der Waals surface area contributed by atoms with E-state index in [1.165, 1.54) is 5.29 Å². The van der Waals surface area contributed by atoms with Gasteiger partial charge in [0.05, 0.1) is 13.2 Å². The monoisotopic (exact) mass is 88.0 g/mol. The Labute approximate surface area is 33.2 Å². The summed E-state index contributed by atoms with van der Waals surface area (Å²) < 4.78 is 4.75. The molecule has 0 aromatic carbocycles. The lowest BCUT2D eigenvalue weighted by Gasteiger charge is -2.13. The predicted octanol–water partition coefficient (Wildman–Crippen LogP) is 0.332. The van der Waals surface area contributed by atoms with Gasteiger partial charge in [0, 0.05) is 5.29 Å². The van der Waals surface area contributed by atoms with Gasteiger partial charge in [-0.05, 0) is 0 Å². The van der Waals surface area contributed by atoms with Crippen molar-refractivity contribution in [2.45, 2.75) is 0 Å². The van der Waals surface area contributed by atoms with E-state index >= 15 is 0 Å². The second-order valence-corrected chi connectivity index (χ2v) is 1.80. The molecule has 1 heterocycles. The number of hydrogen-bond acceptors (Lipinski definition) is 1. The molecule has 0 saturated carbocycles. The minimum absolute atomic E-state index is 0.816. The van der Waals surface area contributed by atoms with Gasteiger partial charge in [-0.25, -0.2) is 0 Å². The summed E-state index contributed by atoms with van der Waals surface area (Å²) in [7, 11) is 3.29. The van der Waals surface area contributed by atoms with E-state index in [1.807, 2.05) is 0 Å². The van der Waals surface area contributed by atoms with Crippen molar-refractivity contribution in [3.63, 3.8) is 0 Å². The summed E-state index contributed by atoms with van der Waals surface area (Å²) in [5, 5.41) is 1.27. The first-order chi connectivity index (χ1) is 2.39. The van der Waals surface area contributed by atoms with E-state index in [9.17, 15) is 0 Å². The summed E-state index contributed by atoms with van der Waals surface area (Å²) in [6, 6.07) is 0. The highest BCUT2D eigenvalue weighted by molar-refractivity contribution is 7.21. The van der Waals surface area contributed by atoms with E-state index in [1.54, 1.807) is 0 Å². The quantitative estimate of drug-likeness (QED) is 0.388. The fourth-order valence-electron chi connectivity index (χ4n) is 0.204. The van der Waals surface area contributed by atoms with Gasteiger partial charge in [-0.3, -0.25) is 0 Å². The highest BCUT2D eigenvalue weighted by atomic mass is 31.0. The summed E-state index contributed by atoms with van der Waals surface area (Å²) in [5.41, 5.74) is 0. The van der Waals surface area contributed by atoms with Gasteiger partial charge in [-0.15, -0.1) is 8.86 Å². The Balaban J connectivity index is 2.32. The molecule has 0 amide bonds. The fourth-order valence-corrected chi connectivity index (χ4v) is 0.408. The summed E-state index contributed by atoms with van der Waals surface area (Å²) in [4.78, 5) is 0. The predicted molar refractivity (Wildman–Crippen MR) is 24.1 cm³/mol. The van der Waals surface area contributed by atoms with Crippen LogP contribution in [0.3, 0.4) is 0 Å². The molecule has 0 spiro atoms. The fraction of sp³-hybridized carbons (Fsp3) is 0.667. The van der Waals surface area contributed by atoms with E-state index in [-0.39, 0.29) is 0 Å². The summed E-state index contributed by atoms with van der Waals surface area (Å²) in [6.45, 7) is 1.63. The van der Waals surface area contributed by atoms with Crippen LogP contribution in [0.2, 0.25) is 0 Å². The molecule has 1 nitrogen and oxygen atoms in total.